The van der Waals surface area contributed by atoms with E-state index in [4.69, 9.17) is 0 Å². The van der Waals surface area contributed by atoms with Crippen LogP contribution in [0, 0.1) is 5.92 Å². The summed E-state index contributed by atoms with van der Waals surface area (Å²) in [5.41, 5.74) is 0. The van der Waals surface area contributed by atoms with E-state index in [0.717, 1.165) is 11.2 Å². The molecule has 1 rings (SSSR count). The minimum absolute atomic E-state index is 0.900. The predicted octanol–water partition coefficient (Wildman–Crippen LogP) is 4.08. The summed E-state index contributed by atoms with van der Waals surface area (Å²) in [5, 5.41) is 4.59. The van der Waals surface area contributed by atoms with Crippen LogP contribution in [0.15, 0.2) is 0 Å². The van der Waals surface area contributed by atoms with E-state index in [-0.39, 0.29) is 0 Å². The normalized spacial score (nSPS) is 23.2. The number of hydrogen-bond acceptors (Lipinski definition) is 2. The molecular formula is C14H29NS. The van der Waals surface area contributed by atoms with Crippen LogP contribution in [-0.4, -0.2) is 24.1 Å². The Morgan fingerprint density at radius 3 is 2.81 bits per heavy atom. The molecule has 2 atom stereocenters. The van der Waals surface area contributed by atoms with E-state index >= 15 is 0 Å². The first-order valence-corrected chi connectivity index (χ1v) is 8.24. The van der Waals surface area contributed by atoms with Crippen molar-refractivity contribution in [3.05, 3.63) is 0 Å². The number of thioether (sulfide) groups is 1. The van der Waals surface area contributed by atoms with Crippen LogP contribution in [0.4, 0.5) is 0 Å². The van der Waals surface area contributed by atoms with Gasteiger partial charge >= 0.3 is 0 Å². The maximum atomic E-state index is 3.69. The van der Waals surface area contributed by atoms with Crippen LogP contribution in [-0.2, 0) is 0 Å². The lowest BCUT2D eigenvalue weighted by atomic mass is 9.99. The SMILES string of the molecule is CCCCC(CC)CNCC1CCCCS1. The molecule has 1 nitrogen and oxygen atoms in total. The summed E-state index contributed by atoms with van der Waals surface area (Å²) in [6.07, 6.45) is 9.82. The third kappa shape index (κ3) is 6.15. The van der Waals surface area contributed by atoms with Gasteiger partial charge in [0.2, 0.25) is 0 Å². The van der Waals surface area contributed by atoms with Gasteiger partial charge in [-0.1, -0.05) is 39.5 Å². The summed E-state index contributed by atoms with van der Waals surface area (Å²) in [5.74, 6) is 2.30. The van der Waals surface area contributed by atoms with Gasteiger partial charge in [0, 0.05) is 11.8 Å². The molecule has 0 amide bonds. The van der Waals surface area contributed by atoms with E-state index in [2.05, 4.69) is 30.9 Å². The summed E-state index contributed by atoms with van der Waals surface area (Å²) >= 11 is 2.18. The Labute approximate surface area is 106 Å². The number of nitrogens with one attached hydrogen (secondary N) is 1. The third-order valence-electron chi connectivity index (χ3n) is 3.62. The molecule has 0 bridgehead atoms. The minimum atomic E-state index is 0.900. The van der Waals surface area contributed by atoms with Crippen LogP contribution in [0.1, 0.15) is 58.8 Å². The maximum Gasteiger partial charge on any atom is 0.0172 e. The Kier molecular flexibility index (Phi) is 8.40. The Hall–Kier alpha value is 0.310. The quantitative estimate of drug-likeness (QED) is 0.689. The largest absolute Gasteiger partial charge is 0.315 e. The van der Waals surface area contributed by atoms with Gasteiger partial charge in [-0.05, 0) is 37.5 Å². The fourth-order valence-corrected chi connectivity index (χ4v) is 3.63. The van der Waals surface area contributed by atoms with Gasteiger partial charge in [0.1, 0.15) is 0 Å². The first kappa shape index (κ1) is 14.4. The van der Waals surface area contributed by atoms with Crippen molar-refractivity contribution >= 4 is 11.8 Å². The highest BCUT2D eigenvalue weighted by Gasteiger charge is 2.13. The van der Waals surface area contributed by atoms with Crippen molar-refractivity contribution in [3.8, 4) is 0 Å². The molecule has 1 N–H and O–H groups in total. The molecule has 2 unspecified atom stereocenters. The van der Waals surface area contributed by atoms with E-state index < -0.39 is 0 Å². The molecule has 0 aromatic heterocycles. The van der Waals surface area contributed by atoms with E-state index in [1.165, 1.54) is 63.8 Å². The fraction of sp³-hybridized carbons (Fsp3) is 1.00. The monoisotopic (exact) mass is 243 g/mol. The number of hydrogen-bond donors (Lipinski definition) is 1. The van der Waals surface area contributed by atoms with Crippen LogP contribution in [0.2, 0.25) is 0 Å². The lowest BCUT2D eigenvalue weighted by Gasteiger charge is -2.23. The first-order chi connectivity index (χ1) is 7.86. The number of rotatable bonds is 8. The van der Waals surface area contributed by atoms with Crippen LogP contribution >= 0.6 is 11.8 Å². The summed E-state index contributed by atoms with van der Waals surface area (Å²) in [6, 6.07) is 0. The van der Waals surface area contributed by atoms with Crippen LogP contribution in [0.3, 0.4) is 0 Å². The second-order valence-corrected chi connectivity index (χ2v) is 6.47. The molecule has 96 valence electrons. The van der Waals surface area contributed by atoms with Gasteiger partial charge in [-0.3, -0.25) is 0 Å². The third-order valence-corrected chi connectivity index (χ3v) is 5.02. The molecule has 1 fully saturated rings. The second-order valence-electron chi connectivity index (χ2n) is 5.06. The Morgan fingerprint density at radius 1 is 1.31 bits per heavy atom. The molecular weight excluding hydrogens is 214 g/mol. The highest BCUT2D eigenvalue weighted by Crippen LogP contribution is 2.24. The molecule has 0 aromatic rings. The average Bonchev–Trinajstić information content (AvgIpc) is 2.35. The van der Waals surface area contributed by atoms with E-state index in [9.17, 15) is 0 Å². The first-order valence-electron chi connectivity index (χ1n) is 7.19. The minimum Gasteiger partial charge on any atom is -0.315 e. The standard InChI is InChI=1S/C14H29NS/c1-3-5-8-13(4-2)11-15-12-14-9-6-7-10-16-14/h13-15H,3-12H2,1-2H3. The van der Waals surface area contributed by atoms with Crippen molar-refractivity contribution in [3.63, 3.8) is 0 Å². The molecule has 1 saturated heterocycles. The highest BCUT2D eigenvalue weighted by atomic mass is 32.2. The van der Waals surface area contributed by atoms with Gasteiger partial charge in [-0.25, -0.2) is 0 Å². The van der Waals surface area contributed by atoms with Crippen LogP contribution in [0.5, 0.6) is 0 Å². The molecule has 0 saturated carbocycles. The fourth-order valence-electron chi connectivity index (χ4n) is 2.36. The van der Waals surface area contributed by atoms with Gasteiger partial charge in [-0.2, -0.15) is 11.8 Å². The van der Waals surface area contributed by atoms with Gasteiger partial charge < -0.3 is 5.32 Å². The molecule has 1 aliphatic rings. The zero-order valence-corrected chi connectivity index (χ0v) is 12.0. The smallest absolute Gasteiger partial charge is 0.0172 e. The van der Waals surface area contributed by atoms with Gasteiger partial charge in [0.05, 0.1) is 0 Å². The molecule has 0 aliphatic carbocycles. The zero-order chi connectivity index (χ0) is 11.6. The Balaban J connectivity index is 2.02. The highest BCUT2D eigenvalue weighted by molar-refractivity contribution is 7.99. The topological polar surface area (TPSA) is 12.0 Å². The summed E-state index contributed by atoms with van der Waals surface area (Å²) < 4.78 is 0. The van der Waals surface area contributed by atoms with Gasteiger partial charge in [0.25, 0.3) is 0 Å². The molecule has 16 heavy (non-hydrogen) atoms. The van der Waals surface area contributed by atoms with Gasteiger partial charge in [-0.15, -0.1) is 0 Å². The van der Waals surface area contributed by atoms with Crippen molar-refractivity contribution in [1.29, 1.82) is 0 Å². The van der Waals surface area contributed by atoms with Crippen LogP contribution in [0.25, 0.3) is 0 Å². The van der Waals surface area contributed by atoms with Crippen molar-refractivity contribution in [2.24, 2.45) is 5.92 Å². The number of unbranched alkanes of at least 4 members (excludes halogenated alkanes) is 1. The summed E-state index contributed by atoms with van der Waals surface area (Å²) in [6.45, 7) is 7.11. The predicted molar refractivity (Wildman–Crippen MR) is 76.3 cm³/mol. The average molecular weight is 243 g/mol. The maximum absolute atomic E-state index is 3.69. The van der Waals surface area contributed by atoms with Crippen LogP contribution < -0.4 is 5.32 Å². The van der Waals surface area contributed by atoms with Crippen molar-refractivity contribution in [2.45, 2.75) is 64.0 Å². The van der Waals surface area contributed by atoms with Crippen molar-refractivity contribution in [1.82, 2.24) is 5.32 Å². The molecule has 1 aliphatic heterocycles. The van der Waals surface area contributed by atoms with E-state index in [1.807, 2.05) is 0 Å². The lowest BCUT2D eigenvalue weighted by molar-refractivity contribution is 0.417. The van der Waals surface area contributed by atoms with Crippen molar-refractivity contribution < 1.29 is 0 Å². The van der Waals surface area contributed by atoms with E-state index in [1.54, 1.807) is 0 Å². The second kappa shape index (κ2) is 9.35. The molecule has 0 spiro atoms. The summed E-state index contributed by atoms with van der Waals surface area (Å²) in [4.78, 5) is 0. The molecule has 1 heterocycles. The van der Waals surface area contributed by atoms with Gasteiger partial charge in [0.15, 0.2) is 0 Å². The molecule has 2 heteroatoms. The zero-order valence-electron chi connectivity index (χ0n) is 11.1. The summed E-state index contributed by atoms with van der Waals surface area (Å²) in [7, 11) is 0. The van der Waals surface area contributed by atoms with Crippen molar-refractivity contribution in [2.75, 3.05) is 18.8 Å². The molecule has 0 aromatic carbocycles. The van der Waals surface area contributed by atoms with E-state index in [0.29, 0.717) is 0 Å². The lowest BCUT2D eigenvalue weighted by Crippen LogP contribution is -2.30. The molecule has 0 radical (unpaired) electrons. The Morgan fingerprint density at radius 2 is 2.19 bits per heavy atom. The Bertz CT molecular complexity index is 155.